The van der Waals surface area contributed by atoms with Crippen LogP contribution in [-0.2, 0) is 38.5 Å². The summed E-state index contributed by atoms with van der Waals surface area (Å²) in [7, 11) is 0. The van der Waals surface area contributed by atoms with Gasteiger partial charge in [0.25, 0.3) is 0 Å². The maximum Gasteiger partial charge on any atom is 0.146 e. The fourth-order valence-corrected chi connectivity index (χ4v) is 20.4. The molecule has 682 valence electrons. The summed E-state index contributed by atoms with van der Waals surface area (Å²) in [5, 5.41) is 11.3. The van der Waals surface area contributed by atoms with Crippen LogP contribution in [0.3, 0.4) is 0 Å². The van der Waals surface area contributed by atoms with Crippen molar-refractivity contribution in [3.8, 4) is 66.8 Å². The fraction of sp³-hybridized carbons (Fsp3) is 0.268. The smallest absolute Gasteiger partial charge is 0.146 e. The zero-order valence-corrected chi connectivity index (χ0v) is 85.1. The summed E-state index contributed by atoms with van der Waals surface area (Å²) in [6.45, 7) is 56.0. The monoisotopic (exact) mass is 1750 g/mol. The van der Waals surface area contributed by atoms with Crippen molar-refractivity contribution in [3.05, 3.63) is 358 Å². The van der Waals surface area contributed by atoms with Crippen molar-refractivity contribution in [2.75, 3.05) is 0 Å². The van der Waals surface area contributed by atoms with Gasteiger partial charge in [-0.1, -0.05) is 455 Å². The molecule has 0 unspecified atom stereocenters. The van der Waals surface area contributed by atoms with Crippen LogP contribution in [0.4, 0.5) is 0 Å². The molecular formula is C127H144N6. The lowest BCUT2D eigenvalue weighted by Crippen LogP contribution is -1.96. The number of pyridine rings is 3. The number of hydrogen-bond acceptors (Lipinski definition) is 3. The predicted octanol–water partition coefficient (Wildman–Crippen LogP) is 38.2. The molecule has 0 atom stereocenters. The minimum absolute atomic E-state index is 0.944. The molecule has 133 heavy (non-hydrogen) atoms. The van der Waals surface area contributed by atoms with Gasteiger partial charge < -0.3 is 0 Å². The first-order valence-corrected chi connectivity index (χ1v) is 51.0. The first-order chi connectivity index (χ1) is 66.1. The molecule has 0 saturated carbocycles. The van der Waals surface area contributed by atoms with Crippen molar-refractivity contribution in [1.29, 1.82) is 0 Å². The highest BCUT2D eigenvalue weighted by atomic mass is 15.0. The van der Waals surface area contributed by atoms with Crippen LogP contribution in [0.5, 0.6) is 0 Å². The van der Waals surface area contributed by atoms with Gasteiger partial charge in [-0.2, -0.15) is 0 Å². The number of aromatic nitrogens is 6. The van der Waals surface area contributed by atoms with Gasteiger partial charge in [0.2, 0.25) is 0 Å². The summed E-state index contributed by atoms with van der Waals surface area (Å²) in [6, 6.07) is 107. The number of benzene rings is 15. The molecule has 6 aliphatic carbocycles. The molecule has 15 aromatic carbocycles. The lowest BCUT2D eigenvalue weighted by molar-refractivity contribution is 1.17. The van der Waals surface area contributed by atoms with Gasteiger partial charge >= 0.3 is 0 Å². The summed E-state index contributed by atoms with van der Waals surface area (Å²) < 4.78 is 7.20. The maximum absolute atomic E-state index is 5.47. The van der Waals surface area contributed by atoms with Crippen LogP contribution in [0, 0.1) is 0 Å². The fourth-order valence-electron chi connectivity index (χ4n) is 20.4. The van der Waals surface area contributed by atoms with E-state index in [2.05, 4.69) is 304 Å². The summed E-state index contributed by atoms with van der Waals surface area (Å²) in [5.74, 6) is 0. The molecule has 6 aliphatic rings. The topological polar surface area (TPSA) is 51.9 Å². The SMILES string of the molecule is CC.CC.CC.CC.CC.CC.CC.CC.CC.CC.CC.CC.CC.CC.c1ccc2c(c1)Cc1c-2c2c(c3nc4c5ccccc5c5ccccc5n4c13)-c1ccccc1C2.c1ccc2c(c1)Cc1c-2ccc2c1Cc1c-2ccc2c1nc1c3ccccc3c3ccccc3n21.c1ccc2c(c1)Cc1ccc3c(c1-2)Cc1c-3ccc2c1nc1c3ccccc3c3ccccc3n21. The number of rotatable bonds is 0. The van der Waals surface area contributed by atoms with E-state index in [0.717, 1.165) is 72.0 Å². The molecule has 0 radical (unpaired) electrons. The number of fused-ring (bicyclic) bond motifs is 49. The zero-order chi connectivity index (χ0) is 96.0. The molecule has 6 heteroatoms. The molecule has 6 heterocycles. The largest absolute Gasteiger partial charge is 0.292 e. The molecule has 6 aromatic heterocycles. The Morgan fingerprint density at radius 2 is 0.429 bits per heavy atom. The molecular weight excluding hydrogens is 1610 g/mol. The van der Waals surface area contributed by atoms with Gasteiger partial charge in [0.05, 0.1) is 49.7 Å². The van der Waals surface area contributed by atoms with Gasteiger partial charge in [-0.15, -0.1) is 0 Å². The van der Waals surface area contributed by atoms with E-state index in [1.807, 2.05) is 194 Å². The van der Waals surface area contributed by atoms with Gasteiger partial charge in [-0.25, -0.2) is 15.0 Å². The first kappa shape index (κ1) is 100. The van der Waals surface area contributed by atoms with Gasteiger partial charge in [0.15, 0.2) is 0 Å². The molecule has 0 fully saturated rings. The van der Waals surface area contributed by atoms with E-state index in [4.69, 9.17) is 15.0 Å². The molecule has 0 bridgehead atoms. The number of para-hydroxylation sites is 3. The van der Waals surface area contributed by atoms with E-state index in [1.165, 1.54) is 215 Å². The first-order valence-electron chi connectivity index (χ1n) is 51.0. The highest BCUT2D eigenvalue weighted by Gasteiger charge is 2.36. The average molecular weight is 1750 g/mol. The highest BCUT2D eigenvalue weighted by Crippen LogP contribution is 2.55. The van der Waals surface area contributed by atoms with Crippen molar-refractivity contribution in [3.63, 3.8) is 0 Å². The highest BCUT2D eigenvalue weighted by molar-refractivity contribution is 6.19. The second kappa shape index (κ2) is 46.7. The Balaban J connectivity index is 0.000000170. The van der Waals surface area contributed by atoms with E-state index in [-0.39, 0.29) is 0 Å². The Labute approximate surface area is 795 Å². The molecule has 0 spiro atoms. The molecule has 6 nitrogen and oxygen atoms in total. The summed E-state index contributed by atoms with van der Waals surface area (Å²) in [6.07, 6.45) is 5.91. The van der Waals surface area contributed by atoms with Gasteiger partial charge in [0, 0.05) is 57.1 Å². The van der Waals surface area contributed by atoms with Crippen molar-refractivity contribution >= 4 is 115 Å². The third-order valence-corrected chi connectivity index (χ3v) is 24.7. The normalized spacial score (nSPS) is 11.3. The van der Waals surface area contributed by atoms with Crippen molar-refractivity contribution in [2.24, 2.45) is 0 Å². The molecule has 27 rings (SSSR count). The number of imidazole rings is 3. The molecule has 21 aromatic rings. The predicted molar refractivity (Wildman–Crippen MR) is 591 cm³/mol. The van der Waals surface area contributed by atoms with Crippen molar-refractivity contribution in [1.82, 2.24) is 28.2 Å². The Morgan fingerprint density at radius 3 is 0.865 bits per heavy atom. The minimum Gasteiger partial charge on any atom is -0.292 e. The van der Waals surface area contributed by atoms with E-state index < -0.39 is 0 Å². The van der Waals surface area contributed by atoms with Crippen LogP contribution in [0.1, 0.15) is 261 Å². The lowest BCUT2D eigenvalue weighted by Gasteiger charge is -2.13. The van der Waals surface area contributed by atoms with Crippen molar-refractivity contribution in [2.45, 2.75) is 232 Å². The second-order valence-electron chi connectivity index (χ2n) is 29.8. The van der Waals surface area contributed by atoms with Crippen LogP contribution < -0.4 is 0 Å². The van der Waals surface area contributed by atoms with E-state index in [9.17, 15) is 0 Å². The van der Waals surface area contributed by atoms with E-state index in [1.54, 1.807) is 0 Å². The van der Waals surface area contributed by atoms with Crippen LogP contribution >= 0.6 is 0 Å². The van der Waals surface area contributed by atoms with E-state index in [0.29, 0.717) is 0 Å². The third kappa shape index (κ3) is 17.0. The van der Waals surface area contributed by atoms with Crippen LogP contribution in [0.25, 0.3) is 182 Å². The number of hydrogen-bond donors (Lipinski definition) is 0. The minimum atomic E-state index is 0.944. The Kier molecular flexibility index (Phi) is 35.2. The summed E-state index contributed by atoms with van der Waals surface area (Å²) >= 11 is 0. The van der Waals surface area contributed by atoms with E-state index >= 15 is 0 Å². The Hall–Kier alpha value is -13.3. The van der Waals surface area contributed by atoms with Gasteiger partial charge in [-0.3, -0.25) is 13.2 Å². The Bertz CT molecular complexity index is 7610. The quantitative estimate of drug-likeness (QED) is 0.142. The average Bonchev–Trinajstić information content (AvgIpc) is 1.52. The molecule has 0 amide bonds. The van der Waals surface area contributed by atoms with Gasteiger partial charge in [-0.05, 0) is 194 Å². The summed E-state index contributed by atoms with van der Waals surface area (Å²) in [5.41, 5.74) is 47.9. The molecule has 0 saturated heterocycles. The standard InChI is InChI=1S/3C33H20N2.14C2H6/c1-3-11-21-20(10-1)18-27-29(21)26-17-19-9-2-4-12-22(19)30(26)31-32(27)35-28-16-8-7-14-24(28)23-13-5-6-15-25(23)33(35)34-31;1-2-8-21-19(7-1)17-20-13-14-23-24-15-16-30-32(28(24)18-27(23)31(20)21)34-33-26-11-4-3-9-22(26)25-10-5-6-12-29(25)35(30)33;1-2-8-20-19(7-1)17-27-22(20)13-14-23-24-15-16-31-32(29(24)18-28(23)27)34-33-26-11-4-3-9-21(26)25-10-5-6-12-30(25)35(31)33;14*1-2/h3*1-16H,17-18H2;14*1-2H3. The van der Waals surface area contributed by atoms with Gasteiger partial charge in [0.1, 0.15) is 16.9 Å². The summed E-state index contributed by atoms with van der Waals surface area (Å²) in [4.78, 5) is 16.2. The zero-order valence-electron chi connectivity index (χ0n) is 85.1. The molecule has 0 N–H and O–H groups in total. The molecule has 0 aliphatic heterocycles. The lowest BCUT2D eigenvalue weighted by atomic mass is 9.93. The Morgan fingerprint density at radius 1 is 0.158 bits per heavy atom. The second-order valence-corrected chi connectivity index (χ2v) is 29.8. The van der Waals surface area contributed by atoms with Crippen LogP contribution in [0.2, 0.25) is 0 Å². The maximum atomic E-state index is 5.47. The van der Waals surface area contributed by atoms with Crippen LogP contribution in [0.15, 0.2) is 291 Å². The van der Waals surface area contributed by atoms with Crippen LogP contribution in [-0.4, -0.2) is 28.2 Å². The third-order valence-electron chi connectivity index (χ3n) is 24.7. The number of nitrogens with zero attached hydrogens (tertiary/aromatic N) is 6. The van der Waals surface area contributed by atoms with Crippen molar-refractivity contribution < 1.29 is 0 Å².